The fraction of sp³-hybridized carbons (Fsp3) is 0.458. The Bertz CT molecular complexity index is 869. The lowest BCUT2D eigenvalue weighted by atomic mass is 9.86. The molecule has 0 amide bonds. The van der Waals surface area contributed by atoms with E-state index in [2.05, 4.69) is 35.8 Å². The number of aryl methyl sites for hydroxylation is 2. The Labute approximate surface area is 182 Å². The molecule has 3 N–H and O–H groups in total. The van der Waals surface area contributed by atoms with Crippen molar-refractivity contribution >= 4 is 17.2 Å². The van der Waals surface area contributed by atoms with E-state index in [4.69, 9.17) is 12.2 Å². The van der Waals surface area contributed by atoms with Gasteiger partial charge in [0.2, 0.25) is 0 Å². The number of nitrogens with one attached hydrogen (secondary N) is 2. The summed E-state index contributed by atoms with van der Waals surface area (Å²) in [6.07, 6.45) is 3.70. The van der Waals surface area contributed by atoms with Crippen LogP contribution < -0.4 is 10.6 Å². The van der Waals surface area contributed by atoms with Crippen LogP contribution in [0.15, 0.2) is 36.4 Å². The van der Waals surface area contributed by atoms with Crippen molar-refractivity contribution in [1.29, 1.82) is 0 Å². The van der Waals surface area contributed by atoms with E-state index in [0.29, 0.717) is 17.1 Å². The molecule has 0 heterocycles. The molecule has 0 saturated heterocycles. The first-order chi connectivity index (χ1) is 14.4. The van der Waals surface area contributed by atoms with Crippen LogP contribution in [0.5, 0.6) is 0 Å². The first-order valence-corrected chi connectivity index (χ1v) is 11.0. The highest BCUT2D eigenvalue weighted by molar-refractivity contribution is 7.80. The third-order valence-electron chi connectivity index (χ3n) is 5.74. The Morgan fingerprint density at radius 3 is 2.57 bits per heavy atom. The maximum atomic E-state index is 13.6. The number of aliphatic hydroxyl groups excluding tert-OH is 1. The van der Waals surface area contributed by atoms with Gasteiger partial charge < -0.3 is 15.7 Å². The van der Waals surface area contributed by atoms with Crippen LogP contribution in [0.4, 0.5) is 8.78 Å². The first-order valence-electron chi connectivity index (χ1n) is 10.6. The van der Waals surface area contributed by atoms with Crippen LogP contribution in [-0.4, -0.2) is 28.8 Å². The van der Waals surface area contributed by atoms with Crippen LogP contribution in [0.2, 0.25) is 0 Å². The van der Waals surface area contributed by atoms with Gasteiger partial charge in [-0.3, -0.25) is 0 Å². The Hall–Kier alpha value is -1.89. The van der Waals surface area contributed by atoms with E-state index in [9.17, 15) is 13.9 Å². The summed E-state index contributed by atoms with van der Waals surface area (Å²) < 4.78 is 27.1. The quantitative estimate of drug-likeness (QED) is 0.541. The standard InChI is InChI=1S/C24H30F2N2OS/c1-3-16-7-8-18-5-4-6-22(21(18)11-16)27-14-24(29)23(28-15(2)30)12-17-9-19(25)13-20(26)10-17/h7-11,13,22-24,27,29H,3-6,12,14H2,1-2H3,(H,28,30)/t22-,23?,24?/m0/s1. The molecule has 6 heteroatoms. The zero-order valence-corrected chi connectivity index (χ0v) is 18.4. The van der Waals surface area contributed by atoms with Crippen molar-refractivity contribution in [1.82, 2.24) is 10.6 Å². The van der Waals surface area contributed by atoms with Crippen molar-refractivity contribution < 1.29 is 13.9 Å². The van der Waals surface area contributed by atoms with E-state index in [1.54, 1.807) is 6.92 Å². The van der Waals surface area contributed by atoms with E-state index in [-0.39, 0.29) is 12.5 Å². The third-order valence-corrected chi connectivity index (χ3v) is 5.86. The smallest absolute Gasteiger partial charge is 0.126 e. The molecule has 3 rings (SSSR count). The lowest BCUT2D eigenvalue weighted by Crippen LogP contribution is -2.48. The molecule has 3 nitrogen and oxygen atoms in total. The van der Waals surface area contributed by atoms with Gasteiger partial charge in [0.15, 0.2) is 0 Å². The van der Waals surface area contributed by atoms with E-state index < -0.39 is 23.8 Å². The Balaban J connectivity index is 1.69. The summed E-state index contributed by atoms with van der Waals surface area (Å²) in [5, 5.41) is 17.5. The number of rotatable bonds is 8. The van der Waals surface area contributed by atoms with Crippen LogP contribution in [0.3, 0.4) is 0 Å². The van der Waals surface area contributed by atoms with E-state index in [1.165, 1.54) is 28.8 Å². The monoisotopic (exact) mass is 432 g/mol. The van der Waals surface area contributed by atoms with Gasteiger partial charge in [-0.15, -0.1) is 0 Å². The molecule has 0 bridgehead atoms. The molecule has 2 aromatic carbocycles. The SMILES string of the molecule is CCc1ccc2c(c1)[C@@H](NCC(O)C(Cc1cc(F)cc(F)c1)NC(C)=S)CCC2. The van der Waals surface area contributed by atoms with Gasteiger partial charge in [-0.2, -0.15) is 0 Å². The molecular formula is C24H30F2N2OS. The third kappa shape index (κ3) is 6.06. The highest BCUT2D eigenvalue weighted by Gasteiger charge is 2.24. The van der Waals surface area contributed by atoms with Gasteiger partial charge in [-0.25, -0.2) is 8.78 Å². The molecule has 1 aliphatic rings. The molecule has 30 heavy (non-hydrogen) atoms. The summed E-state index contributed by atoms with van der Waals surface area (Å²) in [7, 11) is 0. The lowest BCUT2D eigenvalue weighted by molar-refractivity contribution is 0.129. The van der Waals surface area contributed by atoms with E-state index >= 15 is 0 Å². The second-order valence-corrected chi connectivity index (χ2v) is 8.71. The first kappa shape index (κ1) is 22.8. The van der Waals surface area contributed by atoms with Crippen LogP contribution in [0.1, 0.15) is 55.0 Å². The van der Waals surface area contributed by atoms with Crippen LogP contribution in [-0.2, 0) is 19.3 Å². The predicted octanol–water partition coefficient (Wildman–Crippen LogP) is 4.40. The fourth-order valence-corrected chi connectivity index (χ4v) is 4.36. The average molecular weight is 433 g/mol. The Morgan fingerprint density at radius 1 is 1.17 bits per heavy atom. The van der Waals surface area contributed by atoms with Crippen molar-refractivity contribution in [2.24, 2.45) is 0 Å². The summed E-state index contributed by atoms with van der Waals surface area (Å²) >= 11 is 5.16. The molecule has 3 atom stereocenters. The molecule has 0 aromatic heterocycles. The maximum absolute atomic E-state index is 13.6. The van der Waals surface area contributed by atoms with Gasteiger partial charge in [0.1, 0.15) is 11.6 Å². The summed E-state index contributed by atoms with van der Waals surface area (Å²) in [6, 6.07) is 9.86. The molecule has 0 aliphatic heterocycles. The van der Waals surface area contributed by atoms with Crippen LogP contribution in [0.25, 0.3) is 0 Å². The van der Waals surface area contributed by atoms with Gasteiger partial charge in [-0.05, 0) is 73.4 Å². The number of hydrogen-bond donors (Lipinski definition) is 3. The second kappa shape index (κ2) is 10.4. The molecule has 2 aromatic rings. The summed E-state index contributed by atoms with van der Waals surface area (Å²) in [4.78, 5) is 0.534. The minimum atomic E-state index is -0.769. The molecule has 0 saturated carbocycles. The predicted molar refractivity (Wildman–Crippen MR) is 121 cm³/mol. The van der Waals surface area contributed by atoms with Crippen molar-refractivity contribution in [3.05, 3.63) is 70.3 Å². The van der Waals surface area contributed by atoms with Crippen molar-refractivity contribution in [3.63, 3.8) is 0 Å². The summed E-state index contributed by atoms with van der Waals surface area (Å²) in [5.74, 6) is -1.25. The highest BCUT2D eigenvalue weighted by atomic mass is 32.1. The molecule has 162 valence electrons. The van der Waals surface area contributed by atoms with Gasteiger partial charge in [0, 0.05) is 18.7 Å². The maximum Gasteiger partial charge on any atom is 0.126 e. The number of benzene rings is 2. The Kier molecular flexibility index (Phi) is 7.92. The second-order valence-electron chi connectivity index (χ2n) is 8.10. The van der Waals surface area contributed by atoms with Crippen molar-refractivity contribution in [2.45, 2.75) is 64.1 Å². The molecule has 0 fully saturated rings. The van der Waals surface area contributed by atoms with Crippen LogP contribution >= 0.6 is 12.2 Å². The number of aliphatic hydroxyl groups is 1. The van der Waals surface area contributed by atoms with Crippen molar-refractivity contribution in [2.75, 3.05) is 6.54 Å². The minimum absolute atomic E-state index is 0.191. The van der Waals surface area contributed by atoms with Crippen molar-refractivity contribution in [3.8, 4) is 0 Å². The molecule has 2 unspecified atom stereocenters. The number of halogens is 2. The van der Waals surface area contributed by atoms with Crippen LogP contribution in [0, 0.1) is 11.6 Å². The molecule has 0 spiro atoms. The number of thiocarbonyl (C=S) groups is 1. The molecule has 0 radical (unpaired) electrons. The molecular weight excluding hydrogens is 402 g/mol. The van der Waals surface area contributed by atoms with Gasteiger partial charge >= 0.3 is 0 Å². The van der Waals surface area contributed by atoms with E-state index in [1.807, 2.05) is 0 Å². The normalized spacial score (nSPS) is 17.8. The van der Waals surface area contributed by atoms with Gasteiger partial charge in [0.05, 0.1) is 17.1 Å². The number of hydrogen-bond acceptors (Lipinski definition) is 3. The topological polar surface area (TPSA) is 44.3 Å². The minimum Gasteiger partial charge on any atom is -0.390 e. The summed E-state index contributed by atoms with van der Waals surface area (Å²) in [5.41, 5.74) is 4.48. The lowest BCUT2D eigenvalue weighted by Gasteiger charge is -2.30. The van der Waals surface area contributed by atoms with Gasteiger partial charge in [0.25, 0.3) is 0 Å². The zero-order chi connectivity index (χ0) is 21.7. The fourth-order valence-electron chi connectivity index (χ4n) is 4.21. The average Bonchev–Trinajstić information content (AvgIpc) is 2.70. The van der Waals surface area contributed by atoms with Gasteiger partial charge in [-0.1, -0.05) is 37.3 Å². The Morgan fingerprint density at radius 2 is 1.90 bits per heavy atom. The number of fused-ring (bicyclic) bond motifs is 1. The zero-order valence-electron chi connectivity index (χ0n) is 17.6. The summed E-state index contributed by atoms with van der Waals surface area (Å²) in [6.45, 7) is 4.24. The highest BCUT2D eigenvalue weighted by Crippen LogP contribution is 2.30. The van der Waals surface area contributed by atoms with E-state index in [0.717, 1.165) is 31.7 Å². The molecule has 1 aliphatic carbocycles. The largest absolute Gasteiger partial charge is 0.390 e.